The number of nitrogens with zero attached hydrogens (tertiary/aromatic N) is 2. The van der Waals surface area contributed by atoms with Crippen LogP contribution in [0.3, 0.4) is 0 Å². The number of fused-ring (bicyclic) bond motifs is 1. The highest BCUT2D eigenvalue weighted by atomic mass is 19.1. The number of para-hydroxylation sites is 1. The van der Waals surface area contributed by atoms with E-state index in [4.69, 9.17) is 4.74 Å². The molecule has 0 fully saturated rings. The first-order valence-corrected chi connectivity index (χ1v) is 6.78. The largest absolute Gasteiger partial charge is 0.478 e. The second kappa shape index (κ2) is 5.52. The lowest BCUT2D eigenvalue weighted by Crippen LogP contribution is -2.37. The summed E-state index contributed by atoms with van der Waals surface area (Å²) in [5.74, 6) is -0.548. The Kier molecular flexibility index (Phi) is 3.56. The predicted octanol–water partition coefficient (Wildman–Crippen LogP) is 2.53. The maximum absolute atomic E-state index is 13.5. The number of ether oxygens (including phenoxy) is 1. The summed E-state index contributed by atoms with van der Waals surface area (Å²) in [6, 6.07) is 9.88. The van der Waals surface area contributed by atoms with Gasteiger partial charge in [0.25, 0.3) is 5.91 Å². The van der Waals surface area contributed by atoms with Gasteiger partial charge in [-0.05, 0) is 30.7 Å². The first-order chi connectivity index (χ1) is 10.1. The number of amides is 1. The molecular weight excluding hydrogens is 271 g/mol. The molecule has 1 aromatic heterocycles. The van der Waals surface area contributed by atoms with E-state index >= 15 is 0 Å². The average molecular weight is 286 g/mol. The van der Waals surface area contributed by atoms with Gasteiger partial charge in [0.1, 0.15) is 0 Å². The van der Waals surface area contributed by atoms with Gasteiger partial charge in [0.2, 0.25) is 0 Å². The van der Waals surface area contributed by atoms with E-state index in [0.29, 0.717) is 13.1 Å². The number of aromatic nitrogens is 1. The Labute approximate surface area is 122 Å². The molecule has 5 heteroatoms. The number of rotatable bonds is 3. The summed E-state index contributed by atoms with van der Waals surface area (Å²) >= 11 is 0. The van der Waals surface area contributed by atoms with Crippen LogP contribution in [0.15, 0.2) is 42.6 Å². The van der Waals surface area contributed by atoms with Crippen molar-refractivity contribution in [3.05, 3.63) is 59.7 Å². The lowest BCUT2D eigenvalue weighted by atomic mass is 10.2. The van der Waals surface area contributed by atoms with Crippen LogP contribution in [0.5, 0.6) is 5.75 Å². The van der Waals surface area contributed by atoms with Crippen LogP contribution in [-0.4, -0.2) is 21.9 Å². The highest BCUT2D eigenvalue weighted by Crippen LogP contribution is 2.23. The van der Waals surface area contributed by atoms with E-state index in [1.54, 1.807) is 30.2 Å². The van der Waals surface area contributed by atoms with Gasteiger partial charge in [0.15, 0.2) is 17.7 Å². The fourth-order valence-electron chi connectivity index (χ4n) is 2.39. The third-order valence-electron chi connectivity index (χ3n) is 3.49. The summed E-state index contributed by atoms with van der Waals surface area (Å²) in [6.45, 7) is 2.62. The smallest absolute Gasteiger partial charge is 0.264 e. The van der Waals surface area contributed by atoms with Crippen LogP contribution in [0.25, 0.3) is 0 Å². The zero-order chi connectivity index (χ0) is 14.8. The minimum atomic E-state index is -0.740. The maximum Gasteiger partial charge on any atom is 0.264 e. The van der Waals surface area contributed by atoms with E-state index in [2.05, 4.69) is 4.98 Å². The van der Waals surface area contributed by atoms with Crippen molar-refractivity contribution in [2.24, 2.45) is 0 Å². The molecule has 1 atom stereocenters. The molecule has 1 amide bonds. The van der Waals surface area contributed by atoms with E-state index < -0.39 is 11.9 Å². The van der Waals surface area contributed by atoms with Crippen molar-refractivity contribution in [2.75, 3.05) is 0 Å². The van der Waals surface area contributed by atoms with Crippen LogP contribution in [0.2, 0.25) is 0 Å². The number of hydrogen-bond donors (Lipinski definition) is 0. The number of carbonyl (C=O) groups is 1. The van der Waals surface area contributed by atoms with Gasteiger partial charge in [0.05, 0.1) is 12.2 Å². The molecule has 0 saturated heterocycles. The van der Waals surface area contributed by atoms with Crippen molar-refractivity contribution < 1.29 is 13.9 Å². The standard InChI is InChI=1S/C16H15FN2O2/c1-11(21-15-7-3-2-6-13(15)17)16(20)19-9-12-5-4-8-18-14(12)10-19/h2-8,11H,9-10H2,1H3. The van der Waals surface area contributed by atoms with E-state index in [1.807, 2.05) is 12.1 Å². The molecule has 1 aliphatic heterocycles. The lowest BCUT2D eigenvalue weighted by Gasteiger charge is -2.21. The van der Waals surface area contributed by atoms with Crippen molar-refractivity contribution in [2.45, 2.75) is 26.1 Å². The number of hydrogen-bond acceptors (Lipinski definition) is 3. The molecule has 2 aromatic rings. The van der Waals surface area contributed by atoms with Crippen LogP contribution < -0.4 is 4.74 Å². The Hall–Kier alpha value is -2.43. The topological polar surface area (TPSA) is 42.4 Å². The zero-order valence-corrected chi connectivity index (χ0v) is 11.6. The Morgan fingerprint density at radius 1 is 1.29 bits per heavy atom. The Balaban J connectivity index is 1.68. The highest BCUT2D eigenvalue weighted by molar-refractivity contribution is 5.81. The normalized spacial score (nSPS) is 14.7. The summed E-state index contributed by atoms with van der Waals surface area (Å²) < 4.78 is 19.0. The second-order valence-electron chi connectivity index (χ2n) is 4.99. The van der Waals surface area contributed by atoms with E-state index in [0.717, 1.165) is 11.3 Å². The van der Waals surface area contributed by atoms with E-state index in [1.165, 1.54) is 12.1 Å². The molecule has 4 nitrogen and oxygen atoms in total. The van der Waals surface area contributed by atoms with Gasteiger partial charge in [-0.15, -0.1) is 0 Å². The molecule has 0 saturated carbocycles. The molecule has 0 radical (unpaired) electrons. The van der Waals surface area contributed by atoms with Gasteiger partial charge in [0, 0.05) is 12.7 Å². The fourth-order valence-corrected chi connectivity index (χ4v) is 2.39. The number of pyridine rings is 1. The molecule has 3 rings (SSSR count). The second-order valence-corrected chi connectivity index (χ2v) is 4.99. The predicted molar refractivity (Wildman–Crippen MR) is 75.0 cm³/mol. The maximum atomic E-state index is 13.5. The van der Waals surface area contributed by atoms with Crippen LogP contribution in [0.4, 0.5) is 4.39 Å². The van der Waals surface area contributed by atoms with Crippen LogP contribution in [0, 0.1) is 5.82 Å². The van der Waals surface area contributed by atoms with Crippen LogP contribution in [-0.2, 0) is 17.9 Å². The van der Waals surface area contributed by atoms with Gasteiger partial charge in [-0.3, -0.25) is 9.78 Å². The minimum Gasteiger partial charge on any atom is -0.478 e. The molecule has 2 heterocycles. The summed E-state index contributed by atoms with van der Waals surface area (Å²) in [5, 5.41) is 0. The monoisotopic (exact) mass is 286 g/mol. The van der Waals surface area contributed by atoms with Crippen molar-refractivity contribution >= 4 is 5.91 Å². The van der Waals surface area contributed by atoms with E-state index in [-0.39, 0.29) is 11.7 Å². The Bertz CT molecular complexity index is 650. The molecule has 108 valence electrons. The fraction of sp³-hybridized carbons (Fsp3) is 0.250. The first-order valence-electron chi connectivity index (χ1n) is 6.78. The quantitative estimate of drug-likeness (QED) is 0.870. The zero-order valence-electron chi connectivity index (χ0n) is 11.6. The number of benzene rings is 1. The summed E-state index contributed by atoms with van der Waals surface area (Å²) in [7, 11) is 0. The molecule has 0 N–H and O–H groups in total. The SMILES string of the molecule is CC(Oc1ccccc1F)C(=O)N1Cc2cccnc2C1. The molecule has 1 aromatic carbocycles. The lowest BCUT2D eigenvalue weighted by molar-refractivity contribution is -0.138. The average Bonchev–Trinajstić information content (AvgIpc) is 2.92. The van der Waals surface area contributed by atoms with Gasteiger partial charge < -0.3 is 9.64 Å². The molecule has 0 bridgehead atoms. The minimum absolute atomic E-state index is 0.0909. The summed E-state index contributed by atoms with van der Waals surface area (Å²) in [6.07, 6.45) is 0.975. The highest BCUT2D eigenvalue weighted by Gasteiger charge is 2.28. The summed E-state index contributed by atoms with van der Waals surface area (Å²) in [5.41, 5.74) is 1.95. The van der Waals surface area contributed by atoms with Crippen molar-refractivity contribution in [1.29, 1.82) is 0 Å². The van der Waals surface area contributed by atoms with Gasteiger partial charge in [-0.25, -0.2) is 4.39 Å². The van der Waals surface area contributed by atoms with E-state index in [9.17, 15) is 9.18 Å². The molecule has 1 unspecified atom stereocenters. The number of carbonyl (C=O) groups excluding carboxylic acids is 1. The molecular formula is C16H15FN2O2. The molecule has 0 spiro atoms. The summed E-state index contributed by atoms with van der Waals surface area (Å²) in [4.78, 5) is 18.3. The van der Waals surface area contributed by atoms with Crippen molar-refractivity contribution in [1.82, 2.24) is 9.88 Å². The first kappa shape index (κ1) is 13.5. The van der Waals surface area contributed by atoms with Crippen molar-refractivity contribution in [3.63, 3.8) is 0 Å². The third kappa shape index (κ3) is 2.72. The van der Waals surface area contributed by atoms with Gasteiger partial charge in [-0.1, -0.05) is 18.2 Å². The van der Waals surface area contributed by atoms with Crippen molar-refractivity contribution in [3.8, 4) is 5.75 Å². The Morgan fingerprint density at radius 2 is 2.10 bits per heavy atom. The van der Waals surface area contributed by atoms with Crippen LogP contribution in [0.1, 0.15) is 18.2 Å². The molecule has 21 heavy (non-hydrogen) atoms. The van der Waals surface area contributed by atoms with Gasteiger partial charge in [-0.2, -0.15) is 0 Å². The van der Waals surface area contributed by atoms with Crippen LogP contribution >= 0.6 is 0 Å². The molecule has 0 aliphatic carbocycles. The number of halogens is 1. The molecule has 1 aliphatic rings. The Morgan fingerprint density at radius 3 is 2.86 bits per heavy atom. The third-order valence-corrected chi connectivity index (χ3v) is 3.49. The van der Waals surface area contributed by atoms with Gasteiger partial charge >= 0.3 is 0 Å².